The van der Waals surface area contributed by atoms with Crippen LogP contribution in [0.3, 0.4) is 0 Å². The largest absolute Gasteiger partial charge is 0.358 e. The van der Waals surface area contributed by atoms with Crippen molar-refractivity contribution >= 4 is 15.8 Å². The zero-order valence-electron chi connectivity index (χ0n) is 13.1. The highest BCUT2D eigenvalue weighted by molar-refractivity contribution is 7.87. The van der Waals surface area contributed by atoms with Gasteiger partial charge in [0.05, 0.1) is 16.3 Å². The molecule has 0 amide bonds. The van der Waals surface area contributed by atoms with Crippen molar-refractivity contribution in [1.82, 2.24) is 9.78 Å². The molecule has 0 fully saturated rings. The number of aryl methyl sites for hydroxylation is 1. The standard InChI is InChI=1S/C16H13N3O5S/c1-12-10-16(18(17-12)13-6-3-2-4-7-13)24-25(22,23)15-9-5-8-14(11-15)19(20)21/h2-11H,1H3. The van der Waals surface area contributed by atoms with Gasteiger partial charge in [-0.3, -0.25) is 10.1 Å². The van der Waals surface area contributed by atoms with Crippen molar-refractivity contribution < 1.29 is 17.5 Å². The van der Waals surface area contributed by atoms with Crippen LogP contribution in [0.2, 0.25) is 0 Å². The lowest BCUT2D eigenvalue weighted by molar-refractivity contribution is -0.385. The van der Waals surface area contributed by atoms with E-state index in [1.807, 2.05) is 6.07 Å². The Morgan fingerprint density at radius 1 is 1.08 bits per heavy atom. The monoisotopic (exact) mass is 359 g/mol. The van der Waals surface area contributed by atoms with Crippen LogP contribution in [0.1, 0.15) is 5.69 Å². The molecule has 0 radical (unpaired) electrons. The van der Waals surface area contributed by atoms with Gasteiger partial charge in [0.15, 0.2) is 0 Å². The fourth-order valence-corrected chi connectivity index (χ4v) is 3.15. The van der Waals surface area contributed by atoms with Crippen LogP contribution in [0, 0.1) is 17.0 Å². The quantitative estimate of drug-likeness (QED) is 0.394. The maximum absolute atomic E-state index is 12.5. The number of rotatable bonds is 5. The molecule has 0 bridgehead atoms. The summed E-state index contributed by atoms with van der Waals surface area (Å²) >= 11 is 0. The summed E-state index contributed by atoms with van der Waals surface area (Å²) in [4.78, 5) is 9.86. The first-order chi connectivity index (χ1) is 11.9. The summed E-state index contributed by atoms with van der Waals surface area (Å²) < 4.78 is 31.5. The van der Waals surface area contributed by atoms with Crippen LogP contribution in [0.25, 0.3) is 5.69 Å². The second kappa shape index (κ2) is 6.36. The predicted molar refractivity (Wildman–Crippen MR) is 89.2 cm³/mol. The molecule has 0 spiro atoms. The number of nitrogens with zero attached hydrogens (tertiary/aromatic N) is 3. The Hall–Kier alpha value is -3.20. The summed E-state index contributed by atoms with van der Waals surface area (Å²) in [6.07, 6.45) is 0. The topological polar surface area (TPSA) is 104 Å². The maximum Gasteiger partial charge on any atom is 0.340 e. The summed E-state index contributed by atoms with van der Waals surface area (Å²) in [5.74, 6) is -0.00444. The van der Waals surface area contributed by atoms with E-state index in [4.69, 9.17) is 4.18 Å². The molecular weight excluding hydrogens is 346 g/mol. The molecule has 2 aromatic carbocycles. The van der Waals surface area contributed by atoms with Gasteiger partial charge >= 0.3 is 10.1 Å². The highest BCUT2D eigenvalue weighted by Gasteiger charge is 2.22. The molecule has 0 N–H and O–H groups in total. The van der Waals surface area contributed by atoms with Crippen LogP contribution >= 0.6 is 0 Å². The first-order valence-electron chi connectivity index (χ1n) is 7.18. The number of hydrogen-bond donors (Lipinski definition) is 0. The van der Waals surface area contributed by atoms with E-state index in [0.29, 0.717) is 11.4 Å². The number of aromatic nitrogens is 2. The average Bonchev–Trinajstić information content (AvgIpc) is 2.95. The van der Waals surface area contributed by atoms with Gasteiger partial charge in [-0.25, -0.2) is 0 Å². The predicted octanol–water partition coefficient (Wildman–Crippen LogP) is 2.86. The molecule has 9 heteroatoms. The summed E-state index contributed by atoms with van der Waals surface area (Å²) in [5.41, 5.74) is 0.852. The maximum atomic E-state index is 12.5. The molecule has 0 unspecified atom stereocenters. The van der Waals surface area contributed by atoms with Gasteiger partial charge < -0.3 is 4.18 Å². The Morgan fingerprint density at radius 2 is 1.80 bits per heavy atom. The minimum atomic E-state index is -4.25. The molecule has 0 atom stereocenters. The van der Waals surface area contributed by atoms with Gasteiger partial charge in [-0.2, -0.15) is 18.2 Å². The lowest BCUT2D eigenvalue weighted by atomic mass is 10.3. The van der Waals surface area contributed by atoms with Crippen LogP contribution in [0.4, 0.5) is 5.69 Å². The fraction of sp³-hybridized carbons (Fsp3) is 0.0625. The van der Waals surface area contributed by atoms with Crippen molar-refractivity contribution in [2.45, 2.75) is 11.8 Å². The summed E-state index contributed by atoms with van der Waals surface area (Å²) in [6, 6.07) is 15.0. The second-order valence-electron chi connectivity index (χ2n) is 5.16. The van der Waals surface area contributed by atoms with Crippen LogP contribution < -0.4 is 4.18 Å². The number of non-ortho nitro benzene ring substituents is 1. The fourth-order valence-electron chi connectivity index (χ4n) is 2.20. The number of hydrogen-bond acceptors (Lipinski definition) is 6. The minimum absolute atomic E-state index is 0.00444. The van der Waals surface area contributed by atoms with Gasteiger partial charge in [-0.1, -0.05) is 24.3 Å². The van der Waals surface area contributed by atoms with E-state index < -0.39 is 15.0 Å². The van der Waals surface area contributed by atoms with Gasteiger partial charge in [0, 0.05) is 18.2 Å². The lowest BCUT2D eigenvalue weighted by Gasteiger charge is -2.09. The van der Waals surface area contributed by atoms with Crippen molar-refractivity contribution in [3.63, 3.8) is 0 Å². The third-order valence-corrected chi connectivity index (χ3v) is 4.53. The Balaban J connectivity index is 2.00. The molecule has 0 saturated carbocycles. The van der Waals surface area contributed by atoms with Gasteiger partial charge in [-0.15, -0.1) is 0 Å². The van der Waals surface area contributed by atoms with E-state index in [2.05, 4.69) is 5.10 Å². The molecule has 3 rings (SSSR count). The first kappa shape index (κ1) is 16.7. The molecule has 128 valence electrons. The molecule has 8 nitrogen and oxygen atoms in total. The molecule has 0 saturated heterocycles. The molecule has 25 heavy (non-hydrogen) atoms. The highest BCUT2D eigenvalue weighted by Crippen LogP contribution is 2.25. The van der Waals surface area contributed by atoms with E-state index in [1.165, 1.54) is 28.9 Å². The van der Waals surface area contributed by atoms with Crippen molar-refractivity contribution in [1.29, 1.82) is 0 Å². The number of nitro groups is 1. The van der Waals surface area contributed by atoms with E-state index in [1.54, 1.807) is 31.2 Å². The van der Waals surface area contributed by atoms with Gasteiger partial charge in [0.1, 0.15) is 4.90 Å². The third kappa shape index (κ3) is 3.50. The van der Waals surface area contributed by atoms with Gasteiger partial charge in [-0.05, 0) is 25.1 Å². The first-order valence-corrected chi connectivity index (χ1v) is 8.59. The van der Waals surface area contributed by atoms with E-state index in [-0.39, 0.29) is 16.5 Å². The zero-order valence-corrected chi connectivity index (χ0v) is 13.9. The number of para-hydroxylation sites is 1. The molecule has 1 heterocycles. The summed E-state index contributed by atoms with van der Waals surface area (Å²) in [6.45, 7) is 1.70. The van der Waals surface area contributed by atoms with Crippen LogP contribution in [-0.2, 0) is 10.1 Å². The molecule has 0 aliphatic heterocycles. The van der Waals surface area contributed by atoms with Crippen molar-refractivity contribution in [3.8, 4) is 11.6 Å². The van der Waals surface area contributed by atoms with Crippen LogP contribution in [-0.4, -0.2) is 23.1 Å². The van der Waals surface area contributed by atoms with Crippen molar-refractivity contribution in [3.05, 3.63) is 76.5 Å². The molecular formula is C16H13N3O5S. The average molecular weight is 359 g/mol. The Morgan fingerprint density at radius 3 is 2.48 bits per heavy atom. The normalized spacial score (nSPS) is 11.2. The van der Waals surface area contributed by atoms with E-state index in [9.17, 15) is 18.5 Å². The van der Waals surface area contributed by atoms with Gasteiger partial charge in [0.25, 0.3) is 5.69 Å². The van der Waals surface area contributed by atoms with E-state index in [0.717, 1.165) is 6.07 Å². The minimum Gasteiger partial charge on any atom is -0.358 e. The molecule has 0 aliphatic carbocycles. The summed E-state index contributed by atoms with van der Waals surface area (Å²) in [5, 5.41) is 15.1. The van der Waals surface area contributed by atoms with Crippen molar-refractivity contribution in [2.24, 2.45) is 0 Å². The summed E-state index contributed by atoms with van der Waals surface area (Å²) in [7, 11) is -4.25. The Kier molecular flexibility index (Phi) is 4.24. The smallest absolute Gasteiger partial charge is 0.340 e. The third-order valence-electron chi connectivity index (χ3n) is 3.31. The molecule has 3 aromatic rings. The molecule has 1 aromatic heterocycles. The SMILES string of the molecule is Cc1cc(OS(=O)(=O)c2cccc([N+](=O)[O-])c2)n(-c2ccccc2)n1. The van der Waals surface area contributed by atoms with E-state index >= 15 is 0 Å². The van der Waals surface area contributed by atoms with Crippen LogP contribution in [0.15, 0.2) is 65.6 Å². The highest BCUT2D eigenvalue weighted by atomic mass is 32.2. The Bertz CT molecular complexity index is 1030. The lowest BCUT2D eigenvalue weighted by Crippen LogP contribution is -2.13. The number of nitro benzene ring substituents is 1. The second-order valence-corrected chi connectivity index (χ2v) is 6.71. The number of benzene rings is 2. The van der Waals surface area contributed by atoms with Gasteiger partial charge in [0.2, 0.25) is 5.88 Å². The molecule has 0 aliphatic rings. The Labute approximate surface area is 143 Å². The zero-order chi connectivity index (χ0) is 18.0. The van der Waals surface area contributed by atoms with Crippen molar-refractivity contribution in [2.75, 3.05) is 0 Å². The van der Waals surface area contributed by atoms with Crippen LogP contribution in [0.5, 0.6) is 5.88 Å².